The van der Waals surface area contributed by atoms with E-state index in [0.717, 1.165) is 11.3 Å². The number of ether oxygens (including phenoxy) is 3. The first-order chi connectivity index (χ1) is 15.1. The van der Waals surface area contributed by atoms with Gasteiger partial charge in [-0.15, -0.1) is 24.0 Å². The van der Waals surface area contributed by atoms with E-state index in [4.69, 9.17) is 14.2 Å². The molecule has 9 heteroatoms. The molecule has 1 fully saturated rings. The van der Waals surface area contributed by atoms with Crippen molar-refractivity contribution in [2.45, 2.75) is 20.4 Å². The third kappa shape index (κ3) is 7.13. The lowest BCUT2D eigenvalue weighted by atomic mass is 10.1. The molecule has 0 spiro atoms. The normalized spacial score (nSPS) is 13.9. The summed E-state index contributed by atoms with van der Waals surface area (Å²) in [7, 11) is 1.61. The quantitative estimate of drug-likeness (QED) is 0.287. The summed E-state index contributed by atoms with van der Waals surface area (Å²) in [5, 5.41) is 6.47. The second kappa shape index (κ2) is 13.3. The van der Waals surface area contributed by atoms with Crippen molar-refractivity contribution in [3.63, 3.8) is 0 Å². The molecule has 2 aromatic carbocycles. The number of rotatable bonds is 8. The Bertz CT molecular complexity index is 892. The number of nitrogens with one attached hydrogen (secondary N) is 2. The van der Waals surface area contributed by atoms with E-state index in [1.54, 1.807) is 13.2 Å². The van der Waals surface area contributed by atoms with Gasteiger partial charge in [-0.2, -0.15) is 0 Å². The second-order valence-electron chi connectivity index (χ2n) is 7.00. The molecule has 1 aliphatic heterocycles. The van der Waals surface area contributed by atoms with E-state index in [-0.39, 0.29) is 29.8 Å². The third-order valence-corrected chi connectivity index (χ3v) is 4.85. The monoisotopic (exact) mass is 558 g/mol. The number of nitrogens with zero attached hydrogens (tertiary/aromatic N) is 2. The molecule has 1 saturated heterocycles. The summed E-state index contributed by atoms with van der Waals surface area (Å²) in [5.41, 5.74) is 2.23. The molecule has 0 unspecified atom stereocenters. The van der Waals surface area contributed by atoms with Crippen molar-refractivity contribution >= 4 is 41.3 Å². The molecule has 7 nitrogen and oxygen atoms in total. The Morgan fingerprint density at radius 3 is 2.56 bits per heavy atom. The smallest absolute Gasteiger partial charge is 0.196 e. The summed E-state index contributed by atoms with van der Waals surface area (Å²) in [4.78, 5) is 6.61. The van der Waals surface area contributed by atoms with Crippen LogP contribution in [0.3, 0.4) is 0 Å². The van der Waals surface area contributed by atoms with Crippen molar-refractivity contribution in [3.8, 4) is 11.5 Å². The molecule has 0 amide bonds. The van der Waals surface area contributed by atoms with Crippen LogP contribution in [0, 0.1) is 5.82 Å². The average molecular weight is 558 g/mol. The van der Waals surface area contributed by atoms with E-state index in [1.165, 1.54) is 0 Å². The lowest BCUT2D eigenvalue weighted by Gasteiger charge is -2.29. The zero-order valence-corrected chi connectivity index (χ0v) is 21.1. The fourth-order valence-corrected chi connectivity index (χ4v) is 3.34. The molecule has 0 aromatic heterocycles. The summed E-state index contributed by atoms with van der Waals surface area (Å²) >= 11 is 0. The molecular weight excluding hydrogens is 526 g/mol. The summed E-state index contributed by atoms with van der Waals surface area (Å²) in [6.07, 6.45) is 0. The minimum Gasteiger partial charge on any atom is -0.493 e. The minimum atomic E-state index is -0.233. The number of hydrogen-bond donors (Lipinski definition) is 2. The Hall–Kier alpha value is -2.27. The first kappa shape index (κ1) is 26.0. The molecule has 3 rings (SSSR count). The molecule has 0 radical (unpaired) electrons. The van der Waals surface area contributed by atoms with Crippen molar-refractivity contribution < 1.29 is 18.6 Å². The molecule has 176 valence electrons. The van der Waals surface area contributed by atoms with Crippen molar-refractivity contribution in [2.24, 2.45) is 4.99 Å². The zero-order chi connectivity index (χ0) is 22.1. The molecule has 2 aromatic rings. The molecule has 0 bridgehead atoms. The van der Waals surface area contributed by atoms with Crippen molar-refractivity contribution in [2.75, 3.05) is 56.8 Å². The van der Waals surface area contributed by atoms with Gasteiger partial charge in [0, 0.05) is 31.4 Å². The highest BCUT2D eigenvalue weighted by molar-refractivity contribution is 14.0. The zero-order valence-electron chi connectivity index (χ0n) is 18.8. The maximum atomic E-state index is 14.7. The van der Waals surface area contributed by atoms with Crippen LogP contribution in [0.4, 0.5) is 15.8 Å². The Morgan fingerprint density at radius 2 is 1.91 bits per heavy atom. The van der Waals surface area contributed by atoms with Gasteiger partial charge in [-0.1, -0.05) is 6.07 Å². The maximum absolute atomic E-state index is 14.7. The highest BCUT2D eigenvalue weighted by atomic mass is 127. The fourth-order valence-electron chi connectivity index (χ4n) is 3.34. The van der Waals surface area contributed by atoms with Gasteiger partial charge in [0.1, 0.15) is 5.82 Å². The van der Waals surface area contributed by atoms with E-state index < -0.39 is 0 Å². The second-order valence-corrected chi connectivity index (χ2v) is 7.00. The maximum Gasteiger partial charge on any atom is 0.196 e. The van der Waals surface area contributed by atoms with Gasteiger partial charge in [-0.3, -0.25) is 0 Å². The first-order valence-corrected chi connectivity index (χ1v) is 10.6. The van der Waals surface area contributed by atoms with Crippen LogP contribution in [-0.4, -0.2) is 52.5 Å². The highest BCUT2D eigenvalue weighted by Gasteiger charge is 2.15. The number of morpholine rings is 1. The average Bonchev–Trinajstić information content (AvgIpc) is 2.79. The SMILES string of the molecule is CCNC(=NCc1ccc(N2CCOCC2)c(F)c1)Nc1ccc(OCC)c(OC)c1.I. The van der Waals surface area contributed by atoms with E-state index >= 15 is 0 Å². The van der Waals surface area contributed by atoms with Gasteiger partial charge in [0.2, 0.25) is 0 Å². The Balaban J connectivity index is 0.00000363. The van der Waals surface area contributed by atoms with Crippen LogP contribution in [0.5, 0.6) is 11.5 Å². The predicted molar refractivity (Wildman–Crippen MR) is 137 cm³/mol. The van der Waals surface area contributed by atoms with E-state index in [0.29, 0.717) is 69.1 Å². The summed E-state index contributed by atoms with van der Waals surface area (Å²) in [5.74, 6) is 1.70. The van der Waals surface area contributed by atoms with Gasteiger partial charge in [-0.25, -0.2) is 9.38 Å². The first-order valence-electron chi connectivity index (χ1n) is 10.6. The van der Waals surface area contributed by atoms with Crippen molar-refractivity contribution in [1.82, 2.24) is 5.32 Å². The molecule has 0 saturated carbocycles. The summed E-state index contributed by atoms with van der Waals surface area (Å²) in [6, 6.07) is 10.9. The molecule has 0 aliphatic carbocycles. The lowest BCUT2D eigenvalue weighted by molar-refractivity contribution is 0.122. The van der Waals surface area contributed by atoms with Crippen LogP contribution >= 0.6 is 24.0 Å². The standard InChI is InChI=1S/C23H31FN4O3.HI/c1-4-25-23(27-18-7-9-21(31-5-2)22(15-18)29-3)26-16-17-6-8-20(19(24)14-17)28-10-12-30-13-11-28;/h6-9,14-15H,4-5,10-13,16H2,1-3H3,(H2,25,26,27);1H. The van der Waals surface area contributed by atoms with Crippen LogP contribution in [0.2, 0.25) is 0 Å². The Labute approximate surface area is 206 Å². The topological polar surface area (TPSA) is 67.4 Å². The van der Waals surface area contributed by atoms with E-state index in [9.17, 15) is 4.39 Å². The van der Waals surface area contributed by atoms with Crippen molar-refractivity contribution in [3.05, 3.63) is 47.8 Å². The highest BCUT2D eigenvalue weighted by Crippen LogP contribution is 2.30. The van der Waals surface area contributed by atoms with E-state index in [2.05, 4.69) is 15.6 Å². The molecule has 1 heterocycles. The van der Waals surface area contributed by atoms with Crippen molar-refractivity contribution in [1.29, 1.82) is 0 Å². The number of anilines is 2. The summed E-state index contributed by atoms with van der Waals surface area (Å²) in [6.45, 7) is 8.19. The number of guanidine groups is 1. The molecule has 32 heavy (non-hydrogen) atoms. The Kier molecular flexibility index (Phi) is 10.8. The van der Waals surface area contributed by atoms with Crippen LogP contribution in [0.1, 0.15) is 19.4 Å². The van der Waals surface area contributed by atoms with Gasteiger partial charge in [0.15, 0.2) is 17.5 Å². The predicted octanol–water partition coefficient (Wildman–Crippen LogP) is 4.27. The largest absolute Gasteiger partial charge is 0.493 e. The van der Waals surface area contributed by atoms with Crippen LogP contribution < -0.4 is 25.0 Å². The minimum absolute atomic E-state index is 0. The number of methoxy groups -OCH3 is 1. The van der Waals surface area contributed by atoms with Gasteiger partial charge in [0.05, 0.1) is 39.2 Å². The molecular formula is C23H32FIN4O3. The van der Waals surface area contributed by atoms with Crippen LogP contribution in [-0.2, 0) is 11.3 Å². The summed E-state index contributed by atoms with van der Waals surface area (Å²) < 4.78 is 31.0. The Morgan fingerprint density at radius 1 is 1.12 bits per heavy atom. The van der Waals surface area contributed by atoms with Gasteiger partial charge < -0.3 is 29.7 Å². The van der Waals surface area contributed by atoms with Crippen LogP contribution in [0.25, 0.3) is 0 Å². The van der Waals surface area contributed by atoms with E-state index in [1.807, 2.05) is 49.1 Å². The van der Waals surface area contributed by atoms with Crippen LogP contribution in [0.15, 0.2) is 41.4 Å². The van der Waals surface area contributed by atoms with Gasteiger partial charge in [0.25, 0.3) is 0 Å². The molecule has 1 aliphatic rings. The fraction of sp³-hybridized carbons (Fsp3) is 0.435. The number of aliphatic imine (C=N–C) groups is 1. The lowest BCUT2D eigenvalue weighted by Crippen LogP contribution is -2.36. The van der Waals surface area contributed by atoms with Gasteiger partial charge in [-0.05, 0) is 43.7 Å². The van der Waals surface area contributed by atoms with Gasteiger partial charge >= 0.3 is 0 Å². The third-order valence-electron chi connectivity index (χ3n) is 4.85. The number of benzene rings is 2. The molecule has 2 N–H and O–H groups in total. The number of hydrogen-bond acceptors (Lipinski definition) is 5. The number of halogens is 2. The molecule has 0 atom stereocenters.